The van der Waals surface area contributed by atoms with Crippen molar-refractivity contribution in [2.75, 3.05) is 30.4 Å². The lowest BCUT2D eigenvalue weighted by molar-refractivity contribution is -0.121. The fourth-order valence-corrected chi connectivity index (χ4v) is 3.35. The van der Waals surface area contributed by atoms with E-state index in [1.807, 2.05) is 13.8 Å². The average Bonchev–Trinajstić information content (AvgIpc) is 2.82. The molecule has 192 valence electrons. The third kappa shape index (κ3) is 7.73. The highest BCUT2D eigenvalue weighted by molar-refractivity contribution is 5.98. The first-order valence-corrected chi connectivity index (χ1v) is 12.0. The molecule has 3 N–H and O–H groups in total. The van der Waals surface area contributed by atoms with E-state index in [0.29, 0.717) is 31.1 Å². The first-order chi connectivity index (χ1) is 16.7. The molecule has 0 aliphatic rings. The number of carbonyl (C=O) groups is 2. The van der Waals surface area contributed by atoms with Crippen LogP contribution in [-0.4, -0.2) is 41.2 Å². The molecule has 0 aliphatic heterocycles. The van der Waals surface area contributed by atoms with Gasteiger partial charge in [-0.25, -0.2) is 9.59 Å². The Balaban J connectivity index is 2.14. The van der Waals surface area contributed by atoms with Gasteiger partial charge in [0.25, 0.3) is 11.5 Å². The predicted molar refractivity (Wildman–Crippen MR) is 135 cm³/mol. The number of nitrogens with zero attached hydrogens (tertiary/aromatic N) is 2. The molecule has 1 aromatic carbocycles. The summed E-state index contributed by atoms with van der Waals surface area (Å²) in [7, 11) is 0. The number of benzene rings is 1. The van der Waals surface area contributed by atoms with Gasteiger partial charge in [0.15, 0.2) is 12.3 Å². The van der Waals surface area contributed by atoms with Crippen molar-refractivity contribution in [2.24, 2.45) is 5.92 Å². The minimum atomic E-state index is -0.760. The van der Waals surface area contributed by atoms with Crippen LogP contribution < -0.4 is 26.6 Å². The number of aromatic amines is 1. The molecule has 0 atom stereocenters. The summed E-state index contributed by atoms with van der Waals surface area (Å²) in [5, 5.41) is 0. The first-order valence-electron chi connectivity index (χ1n) is 12.0. The number of amides is 1. The number of carbonyl (C=O) groups excluding carboxylic acids is 2. The highest BCUT2D eigenvalue weighted by atomic mass is 16.5. The van der Waals surface area contributed by atoms with Gasteiger partial charge in [0.2, 0.25) is 0 Å². The maximum absolute atomic E-state index is 13.0. The molecule has 0 spiro atoms. The summed E-state index contributed by atoms with van der Waals surface area (Å²) in [5.74, 6) is -0.218. The van der Waals surface area contributed by atoms with Crippen LogP contribution >= 0.6 is 0 Å². The van der Waals surface area contributed by atoms with Crippen LogP contribution in [0.2, 0.25) is 0 Å². The molecule has 35 heavy (non-hydrogen) atoms. The zero-order valence-electron chi connectivity index (χ0n) is 21.0. The molecule has 2 aromatic rings. The van der Waals surface area contributed by atoms with E-state index in [-0.39, 0.29) is 30.2 Å². The normalized spacial score (nSPS) is 10.9. The number of nitrogens with one attached hydrogen (secondary N) is 1. The molecule has 1 heterocycles. The van der Waals surface area contributed by atoms with Gasteiger partial charge in [-0.3, -0.25) is 19.1 Å². The van der Waals surface area contributed by atoms with E-state index in [9.17, 15) is 19.2 Å². The highest BCUT2D eigenvalue weighted by Crippen LogP contribution is 2.19. The molecule has 0 unspecified atom stereocenters. The topological polar surface area (TPSA) is 137 Å². The van der Waals surface area contributed by atoms with Crippen LogP contribution in [0.25, 0.3) is 0 Å². The minimum Gasteiger partial charge on any atom is -0.494 e. The molecular formula is C25H36N4O6. The first kappa shape index (κ1) is 27.7. The smallest absolute Gasteiger partial charge is 0.338 e. The van der Waals surface area contributed by atoms with Crippen molar-refractivity contribution < 1.29 is 19.1 Å². The van der Waals surface area contributed by atoms with Gasteiger partial charge in [-0.2, -0.15) is 0 Å². The summed E-state index contributed by atoms with van der Waals surface area (Å²) in [6.07, 6.45) is 2.87. The van der Waals surface area contributed by atoms with Gasteiger partial charge < -0.3 is 20.1 Å². The summed E-state index contributed by atoms with van der Waals surface area (Å²) in [4.78, 5) is 53.6. The van der Waals surface area contributed by atoms with Crippen molar-refractivity contribution >= 4 is 23.4 Å². The Morgan fingerprint density at radius 1 is 1.11 bits per heavy atom. The fraction of sp³-hybridized carbons (Fsp3) is 0.520. The number of rotatable bonds is 13. The Labute approximate surface area is 205 Å². The van der Waals surface area contributed by atoms with Crippen molar-refractivity contribution in [3.05, 3.63) is 50.7 Å². The number of anilines is 2. The van der Waals surface area contributed by atoms with Gasteiger partial charge >= 0.3 is 11.7 Å². The molecule has 0 aliphatic carbocycles. The van der Waals surface area contributed by atoms with E-state index in [2.05, 4.69) is 18.8 Å². The second-order valence-electron chi connectivity index (χ2n) is 8.68. The summed E-state index contributed by atoms with van der Waals surface area (Å²) < 4.78 is 12.1. The number of nitrogens with two attached hydrogens (primary N) is 1. The van der Waals surface area contributed by atoms with Gasteiger partial charge in [-0.15, -0.1) is 0 Å². The fourth-order valence-electron chi connectivity index (χ4n) is 3.35. The lowest BCUT2D eigenvalue weighted by Crippen LogP contribution is -2.43. The molecule has 0 saturated carbocycles. The zero-order valence-corrected chi connectivity index (χ0v) is 21.0. The van der Waals surface area contributed by atoms with Gasteiger partial charge in [0, 0.05) is 13.1 Å². The quantitative estimate of drug-likeness (QED) is 0.414. The molecule has 10 nitrogen and oxygen atoms in total. The van der Waals surface area contributed by atoms with Gasteiger partial charge in [0.05, 0.1) is 12.2 Å². The molecule has 1 aromatic heterocycles. The highest BCUT2D eigenvalue weighted by Gasteiger charge is 2.25. The third-order valence-electron chi connectivity index (χ3n) is 5.35. The maximum Gasteiger partial charge on any atom is 0.338 e. The Bertz CT molecular complexity index is 1100. The number of unbranched alkanes of at least 4 members (excludes halogenated alkanes) is 1. The van der Waals surface area contributed by atoms with E-state index in [0.717, 1.165) is 12.8 Å². The van der Waals surface area contributed by atoms with Crippen molar-refractivity contribution in [3.8, 4) is 5.75 Å². The van der Waals surface area contributed by atoms with Crippen LogP contribution in [0, 0.1) is 5.92 Å². The minimum absolute atomic E-state index is 0.0931. The number of nitrogen functional groups attached to an aromatic ring is 1. The Hall–Kier alpha value is -3.56. The number of aromatic nitrogens is 2. The lowest BCUT2D eigenvalue weighted by atomic mass is 10.1. The van der Waals surface area contributed by atoms with Crippen LogP contribution in [-0.2, 0) is 16.1 Å². The molecule has 0 fully saturated rings. The zero-order chi connectivity index (χ0) is 26.0. The average molecular weight is 489 g/mol. The van der Waals surface area contributed by atoms with E-state index in [1.165, 1.54) is 9.47 Å². The Kier molecular flexibility index (Phi) is 10.6. The molecule has 1 amide bonds. The van der Waals surface area contributed by atoms with Gasteiger partial charge in [-0.05, 0) is 49.4 Å². The van der Waals surface area contributed by atoms with Crippen molar-refractivity contribution in [2.45, 2.75) is 59.9 Å². The van der Waals surface area contributed by atoms with E-state index in [1.54, 1.807) is 24.3 Å². The SMILES string of the molecule is CCCCN(C(=O)COC(=O)c1ccc(OCCC(C)C)cc1)c1c(N)n(CCC)c(=O)[nH]c1=O. The van der Waals surface area contributed by atoms with Crippen LogP contribution in [0.3, 0.4) is 0 Å². The monoisotopic (exact) mass is 488 g/mol. The molecule has 2 rings (SSSR count). The number of H-pyrrole nitrogens is 1. The van der Waals surface area contributed by atoms with Crippen LogP contribution in [0.5, 0.6) is 5.75 Å². The summed E-state index contributed by atoms with van der Waals surface area (Å²) in [6, 6.07) is 6.47. The number of hydrogen-bond acceptors (Lipinski definition) is 7. The summed E-state index contributed by atoms with van der Waals surface area (Å²) >= 11 is 0. The molecule has 0 bridgehead atoms. The number of hydrogen-bond donors (Lipinski definition) is 2. The molecule has 0 radical (unpaired) electrons. The van der Waals surface area contributed by atoms with Gasteiger partial charge in [-0.1, -0.05) is 34.1 Å². The molecule has 10 heteroatoms. The van der Waals surface area contributed by atoms with Crippen molar-refractivity contribution in [1.29, 1.82) is 0 Å². The molecule has 0 saturated heterocycles. The molecular weight excluding hydrogens is 452 g/mol. The number of esters is 1. The standard InChI is InChI=1S/C25H36N4O6/c1-5-7-14-28(21-22(26)29(13-6-2)25(33)27-23(21)31)20(30)16-35-24(32)18-8-10-19(11-9-18)34-15-12-17(3)4/h8-11,17H,5-7,12-16,26H2,1-4H3,(H,27,31,33). The third-order valence-corrected chi connectivity index (χ3v) is 5.35. The number of ether oxygens (including phenoxy) is 2. The second-order valence-corrected chi connectivity index (χ2v) is 8.68. The predicted octanol–water partition coefficient (Wildman–Crippen LogP) is 2.94. The second kappa shape index (κ2) is 13.4. The van der Waals surface area contributed by atoms with E-state index in [4.69, 9.17) is 15.2 Å². The van der Waals surface area contributed by atoms with E-state index < -0.39 is 29.7 Å². The van der Waals surface area contributed by atoms with E-state index >= 15 is 0 Å². The van der Waals surface area contributed by atoms with Gasteiger partial charge in [0.1, 0.15) is 11.6 Å². The van der Waals surface area contributed by atoms with Crippen LogP contribution in [0.4, 0.5) is 11.5 Å². The largest absolute Gasteiger partial charge is 0.494 e. The van der Waals surface area contributed by atoms with Crippen molar-refractivity contribution in [1.82, 2.24) is 9.55 Å². The maximum atomic E-state index is 13.0. The summed E-state index contributed by atoms with van der Waals surface area (Å²) in [5.41, 5.74) is 4.88. The van der Waals surface area contributed by atoms with Crippen LogP contribution in [0.15, 0.2) is 33.9 Å². The van der Waals surface area contributed by atoms with Crippen LogP contribution in [0.1, 0.15) is 63.7 Å². The Morgan fingerprint density at radius 3 is 2.40 bits per heavy atom. The Morgan fingerprint density at radius 2 is 1.80 bits per heavy atom. The summed E-state index contributed by atoms with van der Waals surface area (Å²) in [6.45, 7) is 8.49. The lowest BCUT2D eigenvalue weighted by Gasteiger charge is -2.24. The van der Waals surface area contributed by atoms with Crippen molar-refractivity contribution in [3.63, 3.8) is 0 Å².